The quantitative estimate of drug-likeness (QED) is 0.670. The largest absolute Gasteiger partial charge is 0.485 e. The van der Waals surface area contributed by atoms with Crippen LogP contribution in [0.2, 0.25) is 0 Å². The van der Waals surface area contributed by atoms with E-state index in [1.807, 2.05) is 0 Å². The van der Waals surface area contributed by atoms with Gasteiger partial charge >= 0.3 is 5.97 Å². The lowest BCUT2D eigenvalue weighted by molar-refractivity contribution is 0.0554. The first-order valence-electron chi connectivity index (χ1n) is 5.56. The fourth-order valence-corrected chi connectivity index (χ4v) is 1.33. The second-order valence-corrected chi connectivity index (χ2v) is 4.82. The second kappa shape index (κ2) is 5.57. The predicted molar refractivity (Wildman–Crippen MR) is 67.1 cm³/mol. The van der Waals surface area contributed by atoms with Gasteiger partial charge in [-0.25, -0.2) is 9.18 Å². The molecule has 0 bridgehead atoms. The molecule has 0 aliphatic heterocycles. The minimum atomic E-state index is -0.794. The number of esters is 1. The van der Waals surface area contributed by atoms with Crippen molar-refractivity contribution in [1.29, 1.82) is 5.26 Å². The van der Waals surface area contributed by atoms with Crippen LogP contribution in [0.1, 0.15) is 31.1 Å². The van der Waals surface area contributed by atoms with Gasteiger partial charge in [-0.05, 0) is 26.8 Å². The van der Waals surface area contributed by atoms with Gasteiger partial charge in [-0.15, -0.1) is 0 Å². The Morgan fingerprint density at radius 1 is 1.47 bits per heavy atom. The minimum Gasteiger partial charge on any atom is -0.485 e. The number of ether oxygens (including phenoxy) is 2. The molecule has 0 radical (unpaired) electrons. The Kier molecular flexibility index (Phi) is 4.33. The zero-order valence-corrected chi connectivity index (χ0v) is 11.0. The van der Waals surface area contributed by atoms with Crippen molar-refractivity contribution in [1.82, 2.24) is 0 Å². The van der Waals surface area contributed by atoms with Gasteiger partial charge in [0, 0.05) is 11.8 Å². The Hall–Kier alpha value is -2.29. The van der Waals surface area contributed by atoms with Crippen molar-refractivity contribution in [3.63, 3.8) is 0 Å². The monoisotopic (exact) mass is 266 g/mol. The molecule has 0 aliphatic rings. The van der Waals surface area contributed by atoms with Crippen molar-refractivity contribution in [2.75, 3.05) is 12.3 Å². The van der Waals surface area contributed by atoms with E-state index in [9.17, 15) is 9.18 Å². The number of nitrogen functional groups attached to an aromatic ring is 1. The lowest BCUT2D eigenvalue weighted by Gasteiger charge is -2.22. The summed E-state index contributed by atoms with van der Waals surface area (Å²) in [5, 5.41) is 8.34. The molecule has 0 saturated heterocycles. The lowest BCUT2D eigenvalue weighted by Crippen LogP contribution is -2.24. The van der Waals surface area contributed by atoms with Gasteiger partial charge in [-0.2, -0.15) is 5.26 Å². The van der Waals surface area contributed by atoms with Crippen molar-refractivity contribution >= 4 is 11.7 Å². The van der Waals surface area contributed by atoms with Crippen molar-refractivity contribution in [3.05, 3.63) is 23.5 Å². The van der Waals surface area contributed by atoms with Crippen LogP contribution in [0.5, 0.6) is 5.75 Å². The Morgan fingerprint density at radius 3 is 2.63 bits per heavy atom. The molecule has 0 heterocycles. The number of carbonyl (C=O) groups excluding carboxylic acids is 1. The SMILES string of the molecule is CC(C)(C)Oc1cc(C(=O)OCC#N)c(N)cc1F. The molecule has 0 fully saturated rings. The first-order chi connectivity index (χ1) is 8.74. The smallest absolute Gasteiger partial charge is 0.341 e. The molecule has 0 saturated carbocycles. The average molecular weight is 266 g/mol. The van der Waals surface area contributed by atoms with Crippen LogP contribution >= 0.6 is 0 Å². The molecule has 102 valence electrons. The Labute approximate surface area is 110 Å². The van der Waals surface area contributed by atoms with Crippen LogP contribution in [0.25, 0.3) is 0 Å². The number of nitriles is 1. The summed E-state index contributed by atoms with van der Waals surface area (Å²) in [4.78, 5) is 11.6. The summed E-state index contributed by atoms with van der Waals surface area (Å²) in [7, 11) is 0. The molecule has 1 rings (SSSR count). The van der Waals surface area contributed by atoms with Gasteiger partial charge in [0.05, 0.1) is 5.56 Å². The maximum atomic E-state index is 13.7. The van der Waals surface area contributed by atoms with Crippen molar-refractivity contribution < 1.29 is 18.7 Å². The zero-order valence-electron chi connectivity index (χ0n) is 11.0. The van der Waals surface area contributed by atoms with Gasteiger partial charge < -0.3 is 15.2 Å². The van der Waals surface area contributed by atoms with E-state index in [0.717, 1.165) is 6.07 Å². The molecule has 1 aromatic carbocycles. The third-order valence-electron chi connectivity index (χ3n) is 2.01. The number of hydrogen-bond acceptors (Lipinski definition) is 5. The number of carbonyl (C=O) groups is 1. The van der Waals surface area contributed by atoms with Crippen LogP contribution in [0.4, 0.5) is 10.1 Å². The molecule has 5 nitrogen and oxygen atoms in total. The number of anilines is 1. The maximum Gasteiger partial charge on any atom is 0.341 e. The number of benzene rings is 1. The Morgan fingerprint density at radius 2 is 2.11 bits per heavy atom. The molecule has 19 heavy (non-hydrogen) atoms. The van der Waals surface area contributed by atoms with E-state index in [1.165, 1.54) is 6.07 Å². The summed E-state index contributed by atoms with van der Waals surface area (Å²) < 4.78 is 23.7. The van der Waals surface area contributed by atoms with Gasteiger partial charge in [0.15, 0.2) is 18.2 Å². The molecular weight excluding hydrogens is 251 g/mol. The van der Waals surface area contributed by atoms with E-state index < -0.39 is 24.0 Å². The van der Waals surface area contributed by atoms with E-state index in [0.29, 0.717) is 0 Å². The normalized spacial score (nSPS) is 10.7. The minimum absolute atomic E-state index is 0.0316. The molecule has 0 aromatic heterocycles. The standard InChI is InChI=1S/C13H15FN2O3/c1-13(2,3)19-11-6-8(10(16)7-9(11)14)12(17)18-5-4-15/h6-7H,5,16H2,1-3H3. The van der Waals surface area contributed by atoms with Crippen molar-refractivity contribution in [3.8, 4) is 11.8 Å². The second-order valence-electron chi connectivity index (χ2n) is 4.82. The number of nitrogens with two attached hydrogens (primary N) is 1. The lowest BCUT2D eigenvalue weighted by atomic mass is 10.1. The van der Waals surface area contributed by atoms with Gasteiger partial charge in [-0.1, -0.05) is 0 Å². The van der Waals surface area contributed by atoms with Gasteiger partial charge in [0.2, 0.25) is 0 Å². The maximum absolute atomic E-state index is 13.7. The van der Waals surface area contributed by atoms with Gasteiger partial charge in [0.1, 0.15) is 11.7 Å². The van der Waals surface area contributed by atoms with Crippen LogP contribution < -0.4 is 10.5 Å². The summed E-state index contributed by atoms with van der Waals surface area (Å²) in [6.07, 6.45) is 0. The highest BCUT2D eigenvalue weighted by molar-refractivity contribution is 5.95. The topological polar surface area (TPSA) is 85.3 Å². The number of nitrogens with zero attached hydrogens (tertiary/aromatic N) is 1. The highest BCUT2D eigenvalue weighted by Crippen LogP contribution is 2.27. The zero-order chi connectivity index (χ0) is 14.6. The molecular formula is C13H15FN2O3. The number of rotatable bonds is 3. The Balaban J connectivity index is 3.10. The molecule has 2 N–H and O–H groups in total. The highest BCUT2D eigenvalue weighted by atomic mass is 19.1. The highest BCUT2D eigenvalue weighted by Gasteiger charge is 2.20. The van der Waals surface area contributed by atoms with Crippen LogP contribution in [0.15, 0.2) is 12.1 Å². The van der Waals surface area contributed by atoms with Crippen LogP contribution in [0.3, 0.4) is 0 Å². The van der Waals surface area contributed by atoms with E-state index in [2.05, 4.69) is 4.74 Å². The van der Waals surface area contributed by atoms with Crippen LogP contribution in [-0.4, -0.2) is 18.2 Å². The van der Waals surface area contributed by atoms with Gasteiger partial charge in [-0.3, -0.25) is 0 Å². The number of hydrogen-bond donors (Lipinski definition) is 1. The Bertz CT molecular complexity index is 530. The predicted octanol–water partition coefficient (Wildman–Crippen LogP) is 2.27. The van der Waals surface area contributed by atoms with Crippen molar-refractivity contribution in [2.45, 2.75) is 26.4 Å². The van der Waals surface area contributed by atoms with E-state index >= 15 is 0 Å². The molecule has 1 aromatic rings. The molecule has 0 aliphatic carbocycles. The molecule has 0 unspecified atom stereocenters. The van der Waals surface area contributed by atoms with Crippen LogP contribution in [0, 0.1) is 17.1 Å². The fourth-order valence-electron chi connectivity index (χ4n) is 1.33. The summed E-state index contributed by atoms with van der Waals surface area (Å²) >= 11 is 0. The first-order valence-corrected chi connectivity index (χ1v) is 5.56. The van der Waals surface area contributed by atoms with E-state index in [-0.39, 0.29) is 17.0 Å². The molecule has 0 spiro atoms. The number of halogens is 1. The third-order valence-corrected chi connectivity index (χ3v) is 2.01. The van der Waals surface area contributed by atoms with Crippen molar-refractivity contribution in [2.24, 2.45) is 0 Å². The summed E-state index contributed by atoms with van der Waals surface area (Å²) in [5.41, 5.74) is 4.83. The molecule has 6 heteroatoms. The average Bonchev–Trinajstić information content (AvgIpc) is 2.28. The summed E-state index contributed by atoms with van der Waals surface area (Å²) in [6.45, 7) is 4.84. The van der Waals surface area contributed by atoms with E-state index in [1.54, 1.807) is 26.8 Å². The molecule has 0 amide bonds. The molecule has 0 atom stereocenters. The fraction of sp³-hybridized carbons (Fsp3) is 0.385. The van der Waals surface area contributed by atoms with E-state index in [4.69, 9.17) is 15.7 Å². The van der Waals surface area contributed by atoms with Crippen LogP contribution in [-0.2, 0) is 4.74 Å². The third kappa shape index (κ3) is 4.14. The first kappa shape index (κ1) is 14.8. The summed E-state index contributed by atoms with van der Waals surface area (Å²) in [5.74, 6) is -1.55. The van der Waals surface area contributed by atoms with Gasteiger partial charge in [0.25, 0.3) is 0 Å². The summed E-state index contributed by atoms with van der Waals surface area (Å²) in [6, 6.07) is 3.83.